The van der Waals surface area contributed by atoms with Crippen LogP contribution in [0.15, 0.2) is 24.0 Å². The number of benzene rings is 1. The number of ether oxygens (including phenoxy) is 2. The maximum absolute atomic E-state index is 12.7. The molecule has 1 heterocycles. The number of hydrogen-bond donors (Lipinski definition) is 2. The molecule has 4 rings (SSSR count). The lowest BCUT2D eigenvalue weighted by molar-refractivity contribution is -0.121. The quantitative estimate of drug-likeness (QED) is 0.731. The van der Waals surface area contributed by atoms with E-state index in [0.717, 1.165) is 5.56 Å². The van der Waals surface area contributed by atoms with Crippen LogP contribution in [-0.4, -0.2) is 45.6 Å². The second-order valence-electron chi connectivity index (χ2n) is 7.17. The first-order chi connectivity index (χ1) is 12.8. The SMILES string of the molecule is COC1=C[C@H]2[C@H]3Cc4ccc(OC)c(OS(=O)(=O)O)c4[C@]2(CCN3)CC1=O. The highest BCUT2D eigenvalue weighted by atomic mass is 32.3. The van der Waals surface area contributed by atoms with Crippen molar-refractivity contribution in [2.45, 2.75) is 30.7 Å². The van der Waals surface area contributed by atoms with Gasteiger partial charge in [0.05, 0.1) is 14.2 Å². The summed E-state index contributed by atoms with van der Waals surface area (Å²) in [5.41, 5.74) is 0.865. The topological polar surface area (TPSA) is 111 Å². The second-order valence-corrected chi connectivity index (χ2v) is 8.20. The molecule has 1 aromatic rings. The number of allylic oxidation sites excluding steroid dienone is 1. The molecule has 1 aromatic carbocycles. The summed E-state index contributed by atoms with van der Waals surface area (Å²) in [7, 11) is -1.89. The Hall–Kier alpha value is -2.10. The summed E-state index contributed by atoms with van der Waals surface area (Å²) in [5.74, 6) is 0.286. The van der Waals surface area contributed by atoms with Gasteiger partial charge in [-0.25, -0.2) is 0 Å². The third kappa shape index (κ3) is 2.81. The Kier molecular flexibility index (Phi) is 4.21. The molecule has 3 atom stereocenters. The van der Waals surface area contributed by atoms with E-state index in [1.54, 1.807) is 6.07 Å². The van der Waals surface area contributed by atoms with Crippen molar-refractivity contribution < 1.29 is 31.4 Å². The smallest absolute Gasteiger partial charge is 0.446 e. The van der Waals surface area contributed by atoms with Crippen LogP contribution >= 0.6 is 0 Å². The molecule has 2 bridgehead atoms. The molecule has 0 aromatic heterocycles. The summed E-state index contributed by atoms with van der Waals surface area (Å²) in [6.45, 7) is 0.687. The Labute approximate surface area is 157 Å². The van der Waals surface area contributed by atoms with Crippen molar-refractivity contribution in [3.8, 4) is 11.5 Å². The highest BCUT2D eigenvalue weighted by Gasteiger charge is 2.55. The summed E-state index contributed by atoms with van der Waals surface area (Å²) < 4.78 is 47.9. The molecule has 1 aliphatic heterocycles. The van der Waals surface area contributed by atoms with E-state index in [4.69, 9.17) is 13.7 Å². The van der Waals surface area contributed by atoms with Gasteiger partial charge in [-0.2, -0.15) is 8.42 Å². The number of Topliss-reactive ketones (excluding diaryl/α,β-unsaturated/α-hetero) is 1. The molecular weight excluding hydrogens is 374 g/mol. The van der Waals surface area contributed by atoms with Gasteiger partial charge in [0.1, 0.15) is 0 Å². The van der Waals surface area contributed by atoms with Crippen LogP contribution in [0.2, 0.25) is 0 Å². The second kappa shape index (κ2) is 6.22. The number of ketones is 1. The molecule has 8 nitrogen and oxygen atoms in total. The average Bonchev–Trinajstić information content (AvgIpc) is 2.59. The summed E-state index contributed by atoms with van der Waals surface area (Å²) in [4.78, 5) is 12.7. The Balaban J connectivity index is 1.99. The predicted molar refractivity (Wildman–Crippen MR) is 95.2 cm³/mol. The molecule has 2 N–H and O–H groups in total. The normalized spacial score (nSPS) is 29.3. The molecular formula is C18H21NO7S. The molecule has 0 amide bonds. The highest BCUT2D eigenvalue weighted by molar-refractivity contribution is 7.81. The third-order valence-electron chi connectivity index (χ3n) is 5.91. The van der Waals surface area contributed by atoms with Gasteiger partial charge < -0.3 is 19.0 Å². The van der Waals surface area contributed by atoms with Crippen LogP contribution in [0.5, 0.6) is 11.5 Å². The van der Waals surface area contributed by atoms with E-state index in [1.165, 1.54) is 14.2 Å². The van der Waals surface area contributed by atoms with Crippen LogP contribution in [0.25, 0.3) is 0 Å². The monoisotopic (exact) mass is 395 g/mol. The van der Waals surface area contributed by atoms with Gasteiger partial charge in [0.15, 0.2) is 23.0 Å². The third-order valence-corrected chi connectivity index (χ3v) is 6.28. The number of fused-ring (bicyclic) bond motifs is 1. The van der Waals surface area contributed by atoms with Crippen LogP contribution in [0.1, 0.15) is 24.0 Å². The molecule has 0 unspecified atom stereocenters. The number of rotatable bonds is 4. The zero-order chi connectivity index (χ0) is 19.4. The molecule has 146 valence electrons. The first-order valence-corrected chi connectivity index (χ1v) is 10.1. The van der Waals surface area contributed by atoms with E-state index in [1.807, 2.05) is 12.1 Å². The van der Waals surface area contributed by atoms with E-state index >= 15 is 0 Å². The van der Waals surface area contributed by atoms with Crippen LogP contribution in [0, 0.1) is 5.92 Å². The van der Waals surface area contributed by atoms with Gasteiger partial charge in [-0.3, -0.25) is 9.35 Å². The van der Waals surface area contributed by atoms with Crippen molar-refractivity contribution in [2.24, 2.45) is 5.92 Å². The van der Waals surface area contributed by atoms with Gasteiger partial charge in [-0.05, 0) is 37.1 Å². The minimum absolute atomic E-state index is 0.0371. The van der Waals surface area contributed by atoms with Crippen molar-refractivity contribution in [3.05, 3.63) is 35.1 Å². The van der Waals surface area contributed by atoms with Crippen molar-refractivity contribution in [1.82, 2.24) is 5.32 Å². The fourth-order valence-electron chi connectivity index (χ4n) is 4.94. The molecule has 27 heavy (non-hydrogen) atoms. The van der Waals surface area contributed by atoms with E-state index in [0.29, 0.717) is 30.7 Å². The molecule has 0 spiro atoms. The highest BCUT2D eigenvalue weighted by Crippen LogP contribution is 2.56. The zero-order valence-corrected chi connectivity index (χ0v) is 15.8. The van der Waals surface area contributed by atoms with Crippen molar-refractivity contribution in [2.75, 3.05) is 20.8 Å². The van der Waals surface area contributed by atoms with E-state index < -0.39 is 15.8 Å². The van der Waals surface area contributed by atoms with Crippen LogP contribution in [-0.2, 0) is 31.8 Å². The first kappa shape index (κ1) is 18.3. The maximum atomic E-state index is 12.7. The van der Waals surface area contributed by atoms with Gasteiger partial charge in [0.2, 0.25) is 0 Å². The molecule has 0 radical (unpaired) electrons. The fourth-order valence-corrected chi connectivity index (χ4v) is 5.31. The lowest BCUT2D eigenvalue weighted by atomic mass is 9.54. The van der Waals surface area contributed by atoms with E-state index in [9.17, 15) is 17.8 Å². The lowest BCUT2D eigenvalue weighted by Crippen LogP contribution is -2.60. The van der Waals surface area contributed by atoms with Crippen LogP contribution < -0.4 is 14.2 Å². The standard InChI is InChI=1S/C18H21NO7S/c1-24-14-4-3-10-7-12-11-8-15(25-2)13(20)9-18(11,5-6-19-12)16(10)17(14)26-27(21,22)23/h3-4,8,11-12,19H,5-7,9H2,1-2H3,(H,21,22,23)/t11-,12+,18+/m0/s1. The number of hydrogen-bond acceptors (Lipinski definition) is 7. The summed E-state index contributed by atoms with van der Waals surface area (Å²) in [6, 6.07) is 3.58. The lowest BCUT2D eigenvalue weighted by Gasteiger charge is -2.54. The molecule has 1 fully saturated rings. The van der Waals surface area contributed by atoms with Crippen molar-refractivity contribution in [1.29, 1.82) is 0 Å². The first-order valence-electron chi connectivity index (χ1n) is 8.68. The molecule has 9 heteroatoms. The number of nitrogens with one attached hydrogen (secondary N) is 1. The summed E-state index contributed by atoms with van der Waals surface area (Å²) in [5, 5.41) is 3.49. The average molecular weight is 395 g/mol. The predicted octanol–water partition coefficient (Wildman–Crippen LogP) is 1.15. The Morgan fingerprint density at radius 1 is 1.26 bits per heavy atom. The van der Waals surface area contributed by atoms with Gasteiger partial charge in [-0.15, -0.1) is 0 Å². The minimum atomic E-state index is -4.76. The van der Waals surface area contributed by atoms with Gasteiger partial charge in [-0.1, -0.05) is 6.07 Å². The molecule has 1 saturated heterocycles. The van der Waals surface area contributed by atoms with Gasteiger partial charge in [0, 0.05) is 29.4 Å². The van der Waals surface area contributed by atoms with Crippen LogP contribution in [0.3, 0.4) is 0 Å². The molecule has 0 saturated carbocycles. The molecule has 2 aliphatic carbocycles. The van der Waals surface area contributed by atoms with Crippen molar-refractivity contribution >= 4 is 16.2 Å². The maximum Gasteiger partial charge on any atom is 0.446 e. The Bertz CT molecular complexity index is 939. The Morgan fingerprint density at radius 2 is 2.04 bits per heavy atom. The number of piperidine rings is 1. The fraction of sp³-hybridized carbons (Fsp3) is 0.500. The van der Waals surface area contributed by atoms with Gasteiger partial charge in [0.25, 0.3) is 0 Å². The Morgan fingerprint density at radius 3 is 2.70 bits per heavy atom. The number of carbonyl (C=O) groups excluding carboxylic acids is 1. The van der Waals surface area contributed by atoms with Crippen molar-refractivity contribution in [3.63, 3.8) is 0 Å². The number of carbonyl (C=O) groups is 1. The minimum Gasteiger partial charge on any atom is -0.493 e. The number of methoxy groups -OCH3 is 2. The summed E-state index contributed by atoms with van der Waals surface area (Å²) >= 11 is 0. The van der Waals surface area contributed by atoms with Crippen LogP contribution in [0.4, 0.5) is 0 Å². The van der Waals surface area contributed by atoms with E-state index in [2.05, 4.69) is 5.32 Å². The van der Waals surface area contributed by atoms with E-state index in [-0.39, 0.29) is 35.7 Å². The summed E-state index contributed by atoms with van der Waals surface area (Å²) in [6.07, 6.45) is 3.27. The molecule has 3 aliphatic rings. The largest absolute Gasteiger partial charge is 0.493 e. The van der Waals surface area contributed by atoms with Gasteiger partial charge >= 0.3 is 10.4 Å². The zero-order valence-electron chi connectivity index (χ0n) is 15.0.